The average molecular weight is 263 g/mol. The van der Waals surface area contributed by atoms with Crippen molar-refractivity contribution >= 4 is 5.97 Å². The highest BCUT2D eigenvalue weighted by Gasteiger charge is 2.08. The average Bonchev–Trinajstić information content (AvgIpc) is 2.83. The van der Waals surface area contributed by atoms with Crippen molar-refractivity contribution in [2.45, 2.75) is 25.7 Å². The van der Waals surface area contributed by atoms with Crippen LogP contribution >= 0.6 is 0 Å². The summed E-state index contributed by atoms with van der Waals surface area (Å²) < 4.78 is 18.8. The molecule has 0 fully saturated rings. The second-order valence-corrected chi connectivity index (χ2v) is 4.21. The van der Waals surface area contributed by atoms with Gasteiger partial charge in [0.05, 0.1) is 12.6 Å². The molecule has 2 aromatic rings. The summed E-state index contributed by atoms with van der Waals surface area (Å²) in [6.07, 6.45) is 2.86. The topological polar surface area (TPSA) is 63.3 Å². The zero-order valence-corrected chi connectivity index (χ0v) is 10.3. The number of rotatable bonds is 6. The Morgan fingerprint density at radius 2 is 2.05 bits per heavy atom. The number of carbonyl (C=O) groups is 1. The highest BCUT2D eigenvalue weighted by Crippen LogP contribution is 2.12. The number of hydrogen-bond donors (Lipinski definition) is 1. The fraction of sp³-hybridized carbons (Fsp3) is 0.286. The quantitative estimate of drug-likeness (QED) is 0.870. The number of aliphatic carboxylic acids is 1. The second kappa shape index (κ2) is 6.13. The monoisotopic (exact) mass is 263 g/mol. The first kappa shape index (κ1) is 13.3. The molecule has 100 valence electrons. The first-order valence-electron chi connectivity index (χ1n) is 6.04. The lowest BCUT2D eigenvalue weighted by Gasteiger charge is -2.00. The highest BCUT2D eigenvalue weighted by atomic mass is 19.1. The minimum absolute atomic E-state index is 0.0158. The smallest absolute Gasteiger partial charge is 0.303 e. The van der Waals surface area contributed by atoms with E-state index >= 15 is 0 Å². The SMILES string of the molecule is O=C(O)CCc1cnc(CCc2ccccc2F)o1. The molecule has 1 heterocycles. The van der Waals surface area contributed by atoms with Gasteiger partial charge in [0.1, 0.15) is 11.6 Å². The molecule has 1 aromatic carbocycles. The maximum atomic E-state index is 13.4. The van der Waals surface area contributed by atoms with Gasteiger partial charge in [-0.25, -0.2) is 9.37 Å². The van der Waals surface area contributed by atoms with Crippen LogP contribution in [-0.2, 0) is 24.1 Å². The fourth-order valence-electron chi connectivity index (χ4n) is 1.75. The van der Waals surface area contributed by atoms with Gasteiger partial charge in [-0.1, -0.05) is 18.2 Å². The minimum Gasteiger partial charge on any atom is -0.481 e. The van der Waals surface area contributed by atoms with E-state index < -0.39 is 5.97 Å². The van der Waals surface area contributed by atoms with Gasteiger partial charge in [-0.15, -0.1) is 0 Å². The molecule has 2 rings (SSSR count). The van der Waals surface area contributed by atoms with Crippen LogP contribution in [0.5, 0.6) is 0 Å². The molecule has 0 unspecified atom stereocenters. The summed E-state index contributed by atoms with van der Waals surface area (Å²) in [5.74, 6) is -0.0564. The molecule has 0 atom stereocenters. The number of oxazole rings is 1. The summed E-state index contributed by atoms with van der Waals surface area (Å²) in [6.45, 7) is 0. The lowest BCUT2D eigenvalue weighted by atomic mass is 10.1. The number of aryl methyl sites for hydroxylation is 3. The van der Waals surface area contributed by atoms with E-state index in [0.717, 1.165) is 0 Å². The third kappa shape index (κ3) is 3.91. The Morgan fingerprint density at radius 1 is 1.26 bits per heavy atom. The van der Waals surface area contributed by atoms with Crippen molar-refractivity contribution in [3.05, 3.63) is 53.5 Å². The van der Waals surface area contributed by atoms with Gasteiger partial charge in [-0.2, -0.15) is 0 Å². The number of hydrogen-bond acceptors (Lipinski definition) is 3. The summed E-state index contributed by atoms with van der Waals surface area (Å²) in [6, 6.07) is 6.58. The lowest BCUT2D eigenvalue weighted by Crippen LogP contribution is -1.96. The number of nitrogens with zero attached hydrogens (tertiary/aromatic N) is 1. The first-order valence-corrected chi connectivity index (χ1v) is 6.04. The first-order chi connectivity index (χ1) is 9.15. The molecule has 0 spiro atoms. The molecule has 4 nitrogen and oxygen atoms in total. The predicted octanol–water partition coefficient (Wildman–Crippen LogP) is 2.62. The van der Waals surface area contributed by atoms with Crippen molar-refractivity contribution in [3.63, 3.8) is 0 Å². The molecular weight excluding hydrogens is 249 g/mol. The minimum atomic E-state index is -0.871. The van der Waals surface area contributed by atoms with Crippen molar-refractivity contribution in [1.82, 2.24) is 4.98 Å². The van der Waals surface area contributed by atoms with Crippen molar-refractivity contribution in [3.8, 4) is 0 Å². The Balaban J connectivity index is 1.90. The van der Waals surface area contributed by atoms with E-state index in [9.17, 15) is 9.18 Å². The molecule has 1 aromatic heterocycles. The van der Waals surface area contributed by atoms with Gasteiger partial charge in [0.25, 0.3) is 0 Å². The molecule has 19 heavy (non-hydrogen) atoms. The summed E-state index contributed by atoms with van der Waals surface area (Å²) in [7, 11) is 0. The second-order valence-electron chi connectivity index (χ2n) is 4.21. The Hall–Kier alpha value is -2.17. The summed E-state index contributed by atoms with van der Waals surface area (Å²) in [5, 5.41) is 8.56. The van der Waals surface area contributed by atoms with Gasteiger partial charge in [0, 0.05) is 12.8 Å². The number of aromatic nitrogens is 1. The van der Waals surface area contributed by atoms with Gasteiger partial charge in [-0.3, -0.25) is 4.79 Å². The van der Waals surface area contributed by atoms with E-state index in [1.54, 1.807) is 18.2 Å². The lowest BCUT2D eigenvalue weighted by molar-refractivity contribution is -0.137. The molecular formula is C14H14FNO3. The number of benzene rings is 1. The third-order valence-corrected chi connectivity index (χ3v) is 2.75. The number of halogens is 1. The molecule has 5 heteroatoms. The maximum Gasteiger partial charge on any atom is 0.303 e. The van der Waals surface area contributed by atoms with Gasteiger partial charge in [0.15, 0.2) is 5.89 Å². The maximum absolute atomic E-state index is 13.4. The number of carboxylic acids is 1. The van der Waals surface area contributed by atoms with Crippen LogP contribution in [0.4, 0.5) is 4.39 Å². The summed E-state index contributed by atoms with van der Waals surface area (Å²) in [5.41, 5.74) is 0.618. The van der Waals surface area contributed by atoms with Crippen LogP contribution in [0.25, 0.3) is 0 Å². The highest BCUT2D eigenvalue weighted by molar-refractivity contribution is 5.66. The van der Waals surface area contributed by atoms with Crippen LogP contribution in [0.2, 0.25) is 0 Å². The molecule has 0 aliphatic carbocycles. The van der Waals surface area contributed by atoms with E-state index in [4.69, 9.17) is 9.52 Å². The van der Waals surface area contributed by atoms with E-state index in [1.807, 2.05) is 0 Å². The van der Waals surface area contributed by atoms with E-state index in [1.165, 1.54) is 12.3 Å². The zero-order chi connectivity index (χ0) is 13.7. The summed E-state index contributed by atoms with van der Waals surface area (Å²) in [4.78, 5) is 14.5. The molecule has 0 saturated carbocycles. The van der Waals surface area contributed by atoms with E-state index in [-0.39, 0.29) is 12.2 Å². The van der Waals surface area contributed by atoms with E-state index in [0.29, 0.717) is 36.5 Å². The predicted molar refractivity (Wildman–Crippen MR) is 66.3 cm³/mol. The van der Waals surface area contributed by atoms with Gasteiger partial charge < -0.3 is 9.52 Å². The third-order valence-electron chi connectivity index (χ3n) is 2.75. The summed E-state index contributed by atoms with van der Waals surface area (Å²) >= 11 is 0. The molecule has 0 amide bonds. The van der Waals surface area contributed by atoms with Crippen molar-refractivity contribution in [2.24, 2.45) is 0 Å². The molecule has 1 N–H and O–H groups in total. The van der Waals surface area contributed by atoms with Gasteiger partial charge in [-0.05, 0) is 18.1 Å². The van der Waals surface area contributed by atoms with Gasteiger partial charge >= 0.3 is 5.97 Å². The number of carboxylic acid groups (broad SMARTS) is 1. The molecule has 0 bridgehead atoms. The van der Waals surface area contributed by atoms with E-state index in [2.05, 4.69) is 4.98 Å². The molecule has 0 saturated heterocycles. The Kier molecular flexibility index (Phi) is 4.28. The van der Waals surface area contributed by atoms with Gasteiger partial charge in [0.2, 0.25) is 0 Å². The van der Waals surface area contributed by atoms with Crippen molar-refractivity contribution < 1.29 is 18.7 Å². The van der Waals surface area contributed by atoms with Crippen LogP contribution in [0.3, 0.4) is 0 Å². The van der Waals surface area contributed by atoms with Crippen molar-refractivity contribution in [2.75, 3.05) is 0 Å². The van der Waals surface area contributed by atoms with Crippen LogP contribution in [0, 0.1) is 5.82 Å². The largest absolute Gasteiger partial charge is 0.481 e. The molecule has 0 aliphatic heterocycles. The standard InChI is InChI=1S/C14H14FNO3/c15-12-4-2-1-3-10(12)5-7-13-16-9-11(19-13)6-8-14(17)18/h1-4,9H,5-8H2,(H,17,18). The zero-order valence-electron chi connectivity index (χ0n) is 10.3. The van der Waals surface area contributed by atoms with Crippen LogP contribution in [0.1, 0.15) is 23.6 Å². The molecule has 0 aliphatic rings. The fourth-order valence-corrected chi connectivity index (χ4v) is 1.75. The Labute approximate surface area is 109 Å². The van der Waals surface area contributed by atoms with Crippen molar-refractivity contribution in [1.29, 1.82) is 0 Å². The Bertz CT molecular complexity index is 565. The van der Waals surface area contributed by atoms with Crippen LogP contribution < -0.4 is 0 Å². The Morgan fingerprint density at radius 3 is 2.79 bits per heavy atom. The van der Waals surface area contributed by atoms with Crippen LogP contribution in [0.15, 0.2) is 34.9 Å². The normalized spacial score (nSPS) is 10.6. The van der Waals surface area contributed by atoms with Crippen LogP contribution in [-0.4, -0.2) is 16.1 Å². The molecule has 0 radical (unpaired) electrons.